The van der Waals surface area contributed by atoms with E-state index < -0.39 is 11.6 Å². The lowest BCUT2D eigenvalue weighted by Gasteiger charge is -2.16. The van der Waals surface area contributed by atoms with E-state index in [0.717, 1.165) is 44.1 Å². The van der Waals surface area contributed by atoms with Crippen LogP contribution in [0.3, 0.4) is 0 Å². The van der Waals surface area contributed by atoms with Gasteiger partial charge in [0.05, 0.1) is 12.2 Å². The predicted octanol–water partition coefficient (Wildman–Crippen LogP) is 3.14. The Morgan fingerprint density at radius 3 is 2.81 bits per heavy atom. The van der Waals surface area contributed by atoms with Crippen molar-refractivity contribution in [2.75, 3.05) is 19.7 Å². The Bertz CT molecular complexity index is 454. The highest BCUT2D eigenvalue weighted by Crippen LogP contribution is 2.22. The van der Waals surface area contributed by atoms with Crippen LogP contribution < -0.4 is 10.1 Å². The van der Waals surface area contributed by atoms with Crippen LogP contribution in [0.4, 0.5) is 8.78 Å². The van der Waals surface area contributed by atoms with E-state index in [2.05, 4.69) is 19.2 Å². The first-order valence-electron chi connectivity index (χ1n) is 7.48. The summed E-state index contributed by atoms with van der Waals surface area (Å²) in [6.07, 6.45) is 1.96. The lowest BCUT2D eigenvalue weighted by atomic mass is 10.2. The van der Waals surface area contributed by atoms with Crippen LogP contribution in [0.5, 0.6) is 5.75 Å². The van der Waals surface area contributed by atoms with Crippen molar-refractivity contribution in [3.05, 3.63) is 29.8 Å². The van der Waals surface area contributed by atoms with Crippen LogP contribution in [0.1, 0.15) is 26.7 Å². The number of benzene rings is 1. The molecule has 1 fully saturated rings. The van der Waals surface area contributed by atoms with Gasteiger partial charge in [-0.1, -0.05) is 13.8 Å². The molecule has 0 amide bonds. The number of halogens is 2. The van der Waals surface area contributed by atoms with E-state index in [4.69, 9.17) is 9.47 Å². The number of ether oxygens (including phenoxy) is 2. The minimum absolute atomic E-state index is 0.0556. The lowest BCUT2D eigenvalue weighted by molar-refractivity contribution is 0.0175. The fourth-order valence-corrected chi connectivity index (χ4v) is 2.36. The zero-order valence-electron chi connectivity index (χ0n) is 12.6. The van der Waals surface area contributed by atoms with Crippen LogP contribution in [0.2, 0.25) is 0 Å². The Hall–Kier alpha value is -1.20. The Morgan fingerprint density at radius 2 is 2.05 bits per heavy atom. The van der Waals surface area contributed by atoms with Gasteiger partial charge in [0.15, 0.2) is 11.6 Å². The molecule has 118 valence electrons. The van der Waals surface area contributed by atoms with Crippen molar-refractivity contribution in [1.82, 2.24) is 5.32 Å². The Kier molecular flexibility index (Phi) is 5.94. The summed E-state index contributed by atoms with van der Waals surface area (Å²) in [6.45, 7) is 6.36. The first-order chi connectivity index (χ1) is 10.0. The quantitative estimate of drug-likeness (QED) is 0.839. The van der Waals surface area contributed by atoms with E-state index in [1.807, 2.05) is 0 Å². The number of nitrogens with one attached hydrogen (secondary N) is 1. The second-order valence-electron chi connectivity index (χ2n) is 5.90. The molecule has 2 atom stereocenters. The van der Waals surface area contributed by atoms with Crippen molar-refractivity contribution in [3.8, 4) is 5.75 Å². The molecule has 5 heteroatoms. The number of rotatable bonds is 7. The molecular formula is C16H23F2NO2. The molecule has 0 aromatic heterocycles. The fourth-order valence-electron chi connectivity index (χ4n) is 2.36. The van der Waals surface area contributed by atoms with Crippen molar-refractivity contribution in [2.24, 2.45) is 5.92 Å². The highest BCUT2D eigenvalue weighted by molar-refractivity contribution is 5.24. The van der Waals surface area contributed by atoms with Crippen molar-refractivity contribution >= 4 is 0 Å². The predicted molar refractivity (Wildman–Crippen MR) is 77.5 cm³/mol. The summed E-state index contributed by atoms with van der Waals surface area (Å²) in [7, 11) is 0. The molecule has 0 spiro atoms. The van der Waals surface area contributed by atoms with Crippen LogP contribution in [0, 0.1) is 17.6 Å². The van der Waals surface area contributed by atoms with Crippen LogP contribution in [0.25, 0.3) is 0 Å². The van der Waals surface area contributed by atoms with Crippen LogP contribution in [-0.2, 0) is 4.74 Å². The third-order valence-corrected chi connectivity index (χ3v) is 3.44. The van der Waals surface area contributed by atoms with Gasteiger partial charge in [0.2, 0.25) is 0 Å². The lowest BCUT2D eigenvalue weighted by Crippen LogP contribution is -2.30. The van der Waals surface area contributed by atoms with Gasteiger partial charge in [-0.25, -0.2) is 8.78 Å². The first-order valence-corrected chi connectivity index (χ1v) is 7.48. The molecule has 1 aliphatic heterocycles. The van der Waals surface area contributed by atoms with Crippen molar-refractivity contribution in [2.45, 2.75) is 38.9 Å². The molecule has 2 unspecified atom stereocenters. The van der Waals surface area contributed by atoms with Crippen molar-refractivity contribution in [1.29, 1.82) is 0 Å². The molecule has 1 heterocycles. The highest BCUT2D eigenvalue weighted by Gasteiger charge is 2.25. The van der Waals surface area contributed by atoms with Gasteiger partial charge >= 0.3 is 0 Å². The van der Waals surface area contributed by atoms with Gasteiger partial charge in [0.25, 0.3) is 0 Å². The van der Waals surface area contributed by atoms with Crippen LogP contribution in [0.15, 0.2) is 18.2 Å². The van der Waals surface area contributed by atoms with Gasteiger partial charge in [-0.2, -0.15) is 0 Å². The summed E-state index contributed by atoms with van der Waals surface area (Å²) in [5.41, 5.74) is 0. The summed E-state index contributed by atoms with van der Waals surface area (Å²) in [6, 6.07) is 3.20. The van der Waals surface area contributed by atoms with Gasteiger partial charge in [-0.05, 0) is 37.4 Å². The maximum Gasteiger partial charge on any atom is 0.165 e. The zero-order chi connectivity index (χ0) is 15.2. The summed E-state index contributed by atoms with van der Waals surface area (Å²) >= 11 is 0. The normalized spacial score (nSPS) is 22.0. The topological polar surface area (TPSA) is 30.5 Å². The third-order valence-electron chi connectivity index (χ3n) is 3.44. The van der Waals surface area contributed by atoms with Gasteiger partial charge in [-0.15, -0.1) is 0 Å². The molecule has 0 radical (unpaired) electrons. The summed E-state index contributed by atoms with van der Waals surface area (Å²) in [5.74, 6) is -0.500. The van der Waals surface area contributed by atoms with E-state index in [-0.39, 0.29) is 24.6 Å². The van der Waals surface area contributed by atoms with Gasteiger partial charge in [-0.3, -0.25) is 0 Å². The Balaban J connectivity index is 1.71. The van der Waals surface area contributed by atoms with E-state index in [0.29, 0.717) is 5.92 Å². The maximum absolute atomic E-state index is 13.4. The minimum atomic E-state index is -0.551. The monoisotopic (exact) mass is 299 g/mol. The van der Waals surface area contributed by atoms with Crippen LogP contribution in [-0.4, -0.2) is 31.9 Å². The molecule has 1 aromatic rings. The summed E-state index contributed by atoms with van der Waals surface area (Å²) < 4.78 is 37.6. The average molecular weight is 299 g/mol. The molecule has 1 N–H and O–H groups in total. The molecule has 2 rings (SSSR count). The molecular weight excluding hydrogens is 276 g/mol. The molecule has 1 aliphatic rings. The zero-order valence-corrected chi connectivity index (χ0v) is 12.6. The maximum atomic E-state index is 13.4. The second-order valence-corrected chi connectivity index (χ2v) is 5.90. The van der Waals surface area contributed by atoms with E-state index in [9.17, 15) is 8.78 Å². The van der Waals surface area contributed by atoms with E-state index in [1.54, 1.807) is 0 Å². The fraction of sp³-hybridized carbons (Fsp3) is 0.625. The average Bonchev–Trinajstić information content (AvgIpc) is 2.87. The molecule has 21 heavy (non-hydrogen) atoms. The molecule has 1 aromatic carbocycles. The van der Waals surface area contributed by atoms with Gasteiger partial charge in [0, 0.05) is 12.6 Å². The number of hydrogen-bond acceptors (Lipinski definition) is 3. The molecule has 0 aliphatic carbocycles. The second kappa shape index (κ2) is 7.71. The van der Waals surface area contributed by atoms with Gasteiger partial charge < -0.3 is 14.8 Å². The minimum Gasteiger partial charge on any atom is -0.488 e. The van der Waals surface area contributed by atoms with Crippen molar-refractivity contribution < 1.29 is 18.3 Å². The summed E-state index contributed by atoms with van der Waals surface area (Å²) in [5, 5.41) is 3.36. The third kappa shape index (κ3) is 5.25. The van der Waals surface area contributed by atoms with Crippen molar-refractivity contribution in [3.63, 3.8) is 0 Å². The largest absolute Gasteiger partial charge is 0.488 e. The van der Waals surface area contributed by atoms with E-state index >= 15 is 0 Å². The molecule has 0 bridgehead atoms. The number of hydrogen-bond donors (Lipinski definition) is 1. The van der Waals surface area contributed by atoms with E-state index in [1.165, 1.54) is 0 Å². The Morgan fingerprint density at radius 1 is 1.29 bits per heavy atom. The standard InChI is InChI=1S/C16H23F2NO2/c1-11(2)8-19-9-13-4-5-14(21-13)10-20-16-7-12(17)3-6-15(16)18/h3,6-7,11,13-14,19H,4-5,8-10H2,1-2H3. The SMILES string of the molecule is CC(C)CNCC1CCC(COc2cc(F)ccc2F)O1. The smallest absolute Gasteiger partial charge is 0.165 e. The van der Waals surface area contributed by atoms with Crippen LogP contribution >= 0.6 is 0 Å². The molecule has 3 nitrogen and oxygen atoms in total. The summed E-state index contributed by atoms with van der Waals surface area (Å²) in [4.78, 5) is 0. The highest BCUT2D eigenvalue weighted by atomic mass is 19.1. The first kappa shape index (κ1) is 16.2. The van der Waals surface area contributed by atoms with Gasteiger partial charge in [0.1, 0.15) is 12.4 Å². The molecule has 0 saturated carbocycles. The Labute approximate surface area is 124 Å². The molecule has 1 saturated heterocycles.